The van der Waals surface area contributed by atoms with Crippen LogP contribution in [0.15, 0.2) is 40.7 Å². The van der Waals surface area contributed by atoms with E-state index in [9.17, 15) is 15.3 Å². The first kappa shape index (κ1) is 46.4. The van der Waals surface area contributed by atoms with E-state index in [4.69, 9.17) is 23.4 Å². The summed E-state index contributed by atoms with van der Waals surface area (Å²) in [5.41, 5.74) is -7.01. The molecular formula is C62H76N2O11. The predicted molar refractivity (Wildman–Crippen MR) is 268 cm³/mol. The highest BCUT2D eigenvalue weighted by atomic mass is 16.7. The molecule has 23 atom stereocenters. The molecule has 8 saturated carbocycles. The van der Waals surface area contributed by atoms with Crippen LogP contribution in [0.2, 0.25) is 0 Å². The lowest BCUT2D eigenvalue weighted by molar-refractivity contribution is -0.314. The number of nitrogens with one attached hydrogen (secondary N) is 1. The molecule has 13 heteroatoms. The fourth-order valence-electron chi connectivity index (χ4n) is 25.2. The molecule has 7 aliphatic heterocycles. The molecule has 6 spiro atoms. The largest absolute Gasteiger partial charge is 0.469 e. The number of hydrogen-bond acceptors (Lipinski definition) is 13. The highest BCUT2D eigenvalue weighted by molar-refractivity contribution is 5.94. The number of furan rings is 1. The monoisotopic (exact) mass is 1020 g/mol. The molecule has 1 aromatic heterocycles. The zero-order valence-electron chi connectivity index (χ0n) is 43.9. The van der Waals surface area contributed by atoms with E-state index in [0.29, 0.717) is 48.5 Å². The van der Waals surface area contributed by atoms with Crippen LogP contribution in [0, 0.1) is 104 Å². The first-order valence-corrected chi connectivity index (χ1v) is 29.9. The molecule has 400 valence electrons. The summed E-state index contributed by atoms with van der Waals surface area (Å²) < 4.78 is 36.5. The number of ether oxygens (including phenoxy) is 4. The number of esters is 2. The van der Waals surface area contributed by atoms with Crippen LogP contribution in [-0.4, -0.2) is 106 Å². The van der Waals surface area contributed by atoms with Gasteiger partial charge in [0.2, 0.25) is 0 Å². The summed E-state index contributed by atoms with van der Waals surface area (Å²) in [5.74, 6) is 5.80. The SMILES string of the molecule is CC12CC=C3CC4CCC5(CCCC5)C45CC4CC6(C)C7(c8ccoc8CC(C(O)CO)C8CCC9C(C=CN%10CNCC9%10)C8)CC#CC8CCCCC8C8(C(O)C(=O)C1C1(COC(=O)C5C31O2)C48)C61OC1C(=O)O7. The van der Waals surface area contributed by atoms with Crippen LogP contribution < -0.4 is 5.32 Å². The Morgan fingerprint density at radius 1 is 0.973 bits per heavy atom. The van der Waals surface area contributed by atoms with E-state index in [1.165, 1.54) is 5.57 Å². The number of ketones is 1. The molecule has 0 aromatic carbocycles. The molecule has 4 N–H and O–H groups in total. The number of fused-ring (bicyclic) bond motifs is 6. The van der Waals surface area contributed by atoms with Gasteiger partial charge in [0, 0.05) is 41.3 Å². The highest BCUT2D eigenvalue weighted by Gasteiger charge is 3.00. The van der Waals surface area contributed by atoms with Crippen molar-refractivity contribution in [1.82, 2.24) is 10.2 Å². The molecule has 17 rings (SSSR count). The smallest absolute Gasteiger partial charge is 0.339 e. The Morgan fingerprint density at radius 3 is 2.68 bits per heavy atom. The lowest BCUT2D eigenvalue weighted by Crippen LogP contribution is -2.83. The van der Waals surface area contributed by atoms with Crippen molar-refractivity contribution in [3.63, 3.8) is 0 Å². The van der Waals surface area contributed by atoms with Crippen molar-refractivity contribution >= 4 is 17.7 Å². The van der Waals surface area contributed by atoms with Gasteiger partial charge in [0.15, 0.2) is 17.5 Å². The van der Waals surface area contributed by atoms with E-state index >= 15 is 14.4 Å². The zero-order chi connectivity index (χ0) is 50.7. The molecule has 8 heterocycles. The van der Waals surface area contributed by atoms with Crippen LogP contribution >= 0.6 is 0 Å². The van der Waals surface area contributed by atoms with E-state index in [1.54, 1.807) is 6.26 Å². The number of aliphatic hydroxyl groups is 3. The van der Waals surface area contributed by atoms with Crippen molar-refractivity contribution in [1.29, 1.82) is 0 Å². The average Bonchev–Trinajstić information content (AvgIpc) is 2.50. The fraction of sp³-hybridized carbons (Fsp3) is 0.790. The summed E-state index contributed by atoms with van der Waals surface area (Å²) >= 11 is 0. The summed E-state index contributed by atoms with van der Waals surface area (Å²) in [4.78, 5) is 50.5. The minimum Gasteiger partial charge on any atom is -0.469 e. The van der Waals surface area contributed by atoms with E-state index in [2.05, 4.69) is 54.3 Å². The number of aliphatic hydroxyl groups excluding tert-OH is 3. The Kier molecular flexibility index (Phi) is 9.06. The maximum absolute atomic E-state index is 16.7. The fourth-order valence-corrected chi connectivity index (χ4v) is 25.2. The van der Waals surface area contributed by atoms with Gasteiger partial charge in [-0.05, 0) is 166 Å². The Balaban J connectivity index is 0.892. The third kappa shape index (κ3) is 4.80. The van der Waals surface area contributed by atoms with Crippen LogP contribution in [0.5, 0.6) is 0 Å². The molecular weight excluding hydrogens is 949 g/mol. The van der Waals surface area contributed by atoms with Crippen molar-refractivity contribution in [3.8, 4) is 11.8 Å². The Labute approximate surface area is 440 Å². The molecule has 1 aromatic rings. The average molecular weight is 1030 g/mol. The Morgan fingerprint density at radius 2 is 1.83 bits per heavy atom. The van der Waals surface area contributed by atoms with Crippen LogP contribution in [-0.2, 0) is 45.4 Å². The molecule has 75 heavy (non-hydrogen) atoms. The summed E-state index contributed by atoms with van der Waals surface area (Å²) in [5, 5.41) is 40.7. The molecule has 23 unspecified atom stereocenters. The second kappa shape index (κ2) is 14.6. The normalized spacial score (nSPS) is 54.7. The number of carbonyl (C=O) groups is 3. The Bertz CT molecular complexity index is 2860. The summed E-state index contributed by atoms with van der Waals surface area (Å²) in [7, 11) is 0. The number of cyclic esters (lactones) is 1. The van der Waals surface area contributed by atoms with Crippen LogP contribution in [0.25, 0.3) is 0 Å². The standard InChI is InChI=1S/C62H76N2O11/c1-54-20-13-38-25-37-14-21-56(17-5-6-18-56)57(37)28-36-27-55(2)59(42-16-23-71-45(42)26-40(44(66)30-65)34-11-12-39-35(24-34)15-22-64-32-63-29-43(39)64)19-7-9-33-8-3-4-10-41(33)60(62(55)51(73-62)53(70)74-59)47(36)58(48(54)46(67)50(60)68)31-72-52(69)49(57)61(38,58)75-54/h13,15-16,22-23,33-37,39-41,43-44,47-51,63,65-66,68H,3-6,8,10-12,14,17-21,24-32H2,1-2H3. The number of rotatable bonds is 6. The lowest BCUT2D eigenvalue weighted by atomic mass is 9.28. The maximum Gasteiger partial charge on any atom is 0.339 e. The quantitative estimate of drug-likeness (QED) is 0.103. The van der Waals surface area contributed by atoms with Crippen molar-refractivity contribution < 1.29 is 53.1 Å². The number of Topliss-reactive ketones (excluding diaryl/α,β-unsaturated/α-hetero) is 1. The van der Waals surface area contributed by atoms with Gasteiger partial charge in [0.1, 0.15) is 29.7 Å². The van der Waals surface area contributed by atoms with Gasteiger partial charge in [-0.2, -0.15) is 0 Å². The molecule has 0 radical (unpaired) electrons. The molecule has 13 fully saturated rings. The first-order valence-electron chi connectivity index (χ1n) is 29.9. The predicted octanol–water partition coefficient (Wildman–Crippen LogP) is 6.66. The van der Waals surface area contributed by atoms with E-state index in [-0.39, 0.29) is 72.3 Å². The van der Waals surface area contributed by atoms with Gasteiger partial charge in [0.05, 0.1) is 54.9 Å². The molecule has 5 saturated heterocycles. The van der Waals surface area contributed by atoms with Crippen molar-refractivity contribution in [2.45, 2.75) is 183 Å². The summed E-state index contributed by atoms with van der Waals surface area (Å²) in [6.07, 6.45) is 21.0. The van der Waals surface area contributed by atoms with E-state index in [1.807, 2.05) is 6.07 Å². The second-order valence-corrected chi connectivity index (χ2v) is 28.6. The van der Waals surface area contributed by atoms with Crippen LogP contribution in [0.4, 0.5) is 0 Å². The van der Waals surface area contributed by atoms with Gasteiger partial charge in [-0.1, -0.05) is 56.6 Å². The highest BCUT2D eigenvalue weighted by Crippen LogP contribution is 2.92. The number of hydrogen-bond donors (Lipinski definition) is 4. The van der Waals surface area contributed by atoms with Gasteiger partial charge in [-0.3, -0.25) is 14.9 Å². The number of carbonyl (C=O) groups excluding carboxylic acids is 3. The number of epoxide rings is 1. The summed E-state index contributed by atoms with van der Waals surface area (Å²) in [6, 6.07) is 2.43. The maximum atomic E-state index is 16.7. The first-order chi connectivity index (χ1) is 36.3. The van der Waals surface area contributed by atoms with Gasteiger partial charge in [-0.25, -0.2) is 4.79 Å². The van der Waals surface area contributed by atoms with Gasteiger partial charge in [0.25, 0.3) is 0 Å². The minimum absolute atomic E-state index is 0.0416. The number of allylic oxidation sites excluding steroid dienone is 1. The molecule has 9 aliphatic carbocycles. The van der Waals surface area contributed by atoms with Crippen LogP contribution in [0.1, 0.15) is 141 Å². The third-order valence-electron chi connectivity index (χ3n) is 27.0. The van der Waals surface area contributed by atoms with Crippen molar-refractivity contribution in [3.05, 3.63) is 47.6 Å². The second-order valence-electron chi connectivity index (χ2n) is 28.6. The van der Waals surface area contributed by atoms with Gasteiger partial charge < -0.3 is 43.6 Å². The Hall–Kier alpha value is -3.51. The molecule has 0 amide bonds. The molecule has 16 aliphatic rings. The lowest BCUT2D eigenvalue weighted by Gasteiger charge is -2.74. The van der Waals surface area contributed by atoms with Crippen molar-refractivity contribution in [2.24, 2.45) is 92.2 Å². The van der Waals surface area contributed by atoms with Crippen LogP contribution in [0.3, 0.4) is 0 Å². The van der Waals surface area contributed by atoms with Gasteiger partial charge in [-0.15, -0.1) is 0 Å². The van der Waals surface area contributed by atoms with Crippen molar-refractivity contribution in [2.75, 3.05) is 26.4 Å². The number of nitrogens with zero attached hydrogens (tertiary/aromatic N) is 1. The third-order valence-corrected chi connectivity index (χ3v) is 27.0. The summed E-state index contributed by atoms with van der Waals surface area (Å²) in [6.45, 7) is 5.87. The topological polar surface area (TPSA) is 181 Å². The van der Waals surface area contributed by atoms with E-state index < -0.39 is 86.1 Å². The molecule has 9 bridgehead atoms. The zero-order valence-corrected chi connectivity index (χ0v) is 43.9. The minimum atomic E-state index is -1.51. The molecule has 13 nitrogen and oxygen atoms in total. The van der Waals surface area contributed by atoms with Gasteiger partial charge >= 0.3 is 11.9 Å². The van der Waals surface area contributed by atoms with E-state index in [0.717, 1.165) is 110 Å².